The highest BCUT2D eigenvalue weighted by Crippen LogP contribution is 2.44. The molecule has 1 saturated heterocycles. The summed E-state index contributed by atoms with van der Waals surface area (Å²) in [6, 6.07) is 9.42. The summed E-state index contributed by atoms with van der Waals surface area (Å²) in [7, 11) is 1.92. The number of halogens is 1. The largest absolute Gasteiger partial charge is 0.443 e. The number of pyridine rings is 1. The number of nitrogens with one attached hydrogen (secondary N) is 1. The van der Waals surface area contributed by atoms with Crippen molar-refractivity contribution in [2.24, 2.45) is 7.05 Å². The number of carbonyl (C=O) groups excluding carboxylic acids is 2. The zero-order valence-electron chi connectivity index (χ0n) is 26.0. The van der Waals surface area contributed by atoms with E-state index in [0.717, 1.165) is 72.4 Å². The van der Waals surface area contributed by atoms with Gasteiger partial charge >= 0.3 is 12.2 Å². The first-order valence-electron chi connectivity index (χ1n) is 15.7. The van der Waals surface area contributed by atoms with Gasteiger partial charge in [0.05, 0.1) is 30.0 Å². The molecule has 3 heterocycles. The molecular formula is C34H39ClN6O4. The minimum absolute atomic E-state index is 0.0735. The molecule has 0 bridgehead atoms. The number of ether oxygens (including phenoxy) is 2. The molecular weight excluding hydrogens is 592 g/mol. The van der Waals surface area contributed by atoms with E-state index in [-0.39, 0.29) is 17.6 Å². The Hall–Kier alpha value is -3.89. The van der Waals surface area contributed by atoms with Gasteiger partial charge in [0.15, 0.2) is 0 Å². The molecule has 1 N–H and O–H groups in total. The predicted octanol–water partition coefficient (Wildman–Crippen LogP) is 5.78. The number of benzene rings is 1. The van der Waals surface area contributed by atoms with Gasteiger partial charge in [0, 0.05) is 56.9 Å². The zero-order chi connectivity index (χ0) is 31.3. The number of hydrogen-bond donors (Lipinski definition) is 1. The minimum atomic E-state index is -0.556. The van der Waals surface area contributed by atoms with Crippen LogP contribution in [0.2, 0.25) is 5.02 Å². The first-order chi connectivity index (χ1) is 21.6. The Morgan fingerprint density at radius 3 is 2.49 bits per heavy atom. The summed E-state index contributed by atoms with van der Waals surface area (Å²) in [4.78, 5) is 39.5. The molecule has 1 unspecified atom stereocenters. The Kier molecular flexibility index (Phi) is 7.60. The third-order valence-electron chi connectivity index (χ3n) is 9.59. The van der Waals surface area contributed by atoms with E-state index in [1.54, 1.807) is 12.5 Å². The summed E-state index contributed by atoms with van der Waals surface area (Å²) < 4.78 is 13.4. The van der Waals surface area contributed by atoms with Gasteiger partial charge in [0.1, 0.15) is 11.2 Å². The van der Waals surface area contributed by atoms with Crippen molar-refractivity contribution in [1.82, 2.24) is 29.7 Å². The monoisotopic (exact) mass is 630 g/mol. The molecule has 2 amide bonds. The van der Waals surface area contributed by atoms with Crippen LogP contribution in [0.3, 0.4) is 0 Å². The Balaban J connectivity index is 1.21. The maximum absolute atomic E-state index is 13.3. The molecule has 3 fully saturated rings. The number of amides is 2. The number of aryl methyl sites for hydroxylation is 1. The van der Waals surface area contributed by atoms with Crippen molar-refractivity contribution in [3.63, 3.8) is 0 Å². The number of aromatic nitrogens is 3. The van der Waals surface area contributed by atoms with Gasteiger partial charge in [-0.2, -0.15) is 0 Å². The lowest BCUT2D eigenvalue weighted by Gasteiger charge is -2.36. The summed E-state index contributed by atoms with van der Waals surface area (Å²) >= 11 is 6.67. The number of carbonyl (C=O) groups is 2. The zero-order valence-corrected chi connectivity index (χ0v) is 26.7. The third-order valence-corrected chi connectivity index (χ3v) is 9.82. The Morgan fingerprint density at radius 1 is 1.07 bits per heavy atom. The summed E-state index contributed by atoms with van der Waals surface area (Å²) in [6.07, 6.45) is 10.3. The summed E-state index contributed by atoms with van der Waals surface area (Å²) in [5.41, 5.74) is 4.94. The van der Waals surface area contributed by atoms with Crippen LogP contribution < -0.4 is 5.32 Å². The van der Waals surface area contributed by atoms with Crippen molar-refractivity contribution < 1.29 is 19.1 Å². The number of piperazine rings is 1. The van der Waals surface area contributed by atoms with Gasteiger partial charge in [-0.05, 0) is 86.1 Å². The second-order valence-electron chi connectivity index (χ2n) is 13.3. The second kappa shape index (κ2) is 11.5. The van der Waals surface area contributed by atoms with E-state index < -0.39 is 17.7 Å². The molecule has 3 aliphatic carbocycles. The molecule has 11 heteroatoms. The van der Waals surface area contributed by atoms with E-state index in [2.05, 4.69) is 33.4 Å². The van der Waals surface area contributed by atoms with E-state index >= 15 is 0 Å². The van der Waals surface area contributed by atoms with Gasteiger partial charge in [-0.15, -0.1) is 0 Å². The van der Waals surface area contributed by atoms with E-state index in [0.29, 0.717) is 24.7 Å². The second-order valence-corrected chi connectivity index (χ2v) is 13.7. The molecule has 7 rings (SSSR count). The van der Waals surface area contributed by atoms with Crippen LogP contribution in [-0.2, 0) is 16.5 Å². The molecule has 45 heavy (non-hydrogen) atoms. The summed E-state index contributed by atoms with van der Waals surface area (Å²) in [5.74, 6) is -0.0735. The number of rotatable bonds is 7. The predicted molar refractivity (Wildman–Crippen MR) is 171 cm³/mol. The van der Waals surface area contributed by atoms with Crippen LogP contribution in [0, 0.1) is 0 Å². The van der Waals surface area contributed by atoms with Crippen LogP contribution in [0.1, 0.15) is 79.6 Å². The highest BCUT2D eigenvalue weighted by atomic mass is 35.5. The van der Waals surface area contributed by atoms with Crippen molar-refractivity contribution in [2.75, 3.05) is 32.7 Å². The normalized spacial score (nSPS) is 21.8. The van der Waals surface area contributed by atoms with E-state index in [4.69, 9.17) is 26.1 Å². The van der Waals surface area contributed by atoms with Gasteiger partial charge in [-0.1, -0.05) is 23.7 Å². The number of nitrogens with zero attached hydrogens (tertiary/aromatic N) is 5. The Morgan fingerprint density at radius 2 is 1.80 bits per heavy atom. The molecule has 4 aliphatic rings. The van der Waals surface area contributed by atoms with Crippen LogP contribution in [-0.4, -0.2) is 80.4 Å². The molecule has 10 nitrogen and oxygen atoms in total. The first kappa shape index (κ1) is 29.8. The first-order valence-corrected chi connectivity index (χ1v) is 16.1. The van der Waals surface area contributed by atoms with Gasteiger partial charge in [0.2, 0.25) is 0 Å². The van der Waals surface area contributed by atoms with Gasteiger partial charge in [-0.3, -0.25) is 9.88 Å². The fraction of sp³-hybridized carbons (Fsp3) is 0.471. The minimum Gasteiger partial charge on any atom is -0.443 e. The molecule has 2 aromatic heterocycles. The molecule has 0 radical (unpaired) electrons. The van der Waals surface area contributed by atoms with E-state index in [1.165, 1.54) is 0 Å². The highest BCUT2D eigenvalue weighted by molar-refractivity contribution is 6.30. The lowest BCUT2D eigenvalue weighted by atomic mass is 9.87. The topological polar surface area (TPSA) is 102 Å². The fourth-order valence-corrected chi connectivity index (χ4v) is 6.44. The Labute approximate surface area is 268 Å². The van der Waals surface area contributed by atoms with Crippen LogP contribution in [0.25, 0.3) is 11.6 Å². The molecule has 2 saturated carbocycles. The van der Waals surface area contributed by atoms with Crippen molar-refractivity contribution in [2.45, 2.75) is 62.7 Å². The van der Waals surface area contributed by atoms with Crippen molar-refractivity contribution in [3.8, 4) is 0 Å². The highest BCUT2D eigenvalue weighted by Gasteiger charge is 2.44. The maximum Gasteiger partial charge on any atom is 0.410 e. The van der Waals surface area contributed by atoms with E-state index in [9.17, 15) is 9.59 Å². The number of alkyl carbamates (subject to hydrolysis) is 1. The van der Waals surface area contributed by atoms with E-state index in [1.807, 2.05) is 54.8 Å². The van der Waals surface area contributed by atoms with Gasteiger partial charge < -0.3 is 24.3 Å². The lowest BCUT2D eigenvalue weighted by molar-refractivity contribution is 0.0422. The Bertz CT molecular complexity index is 1650. The van der Waals surface area contributed by atoms with Crippen molar-refractivity contribution in [3.05, 3.63) is 82.2 Å². The molecule has 236 valence electrons. The fourth-order valence-electron chi connectivity index (χ4n) is 6.27. The number of hydrogen-bond acceptors (Lipinski definition) is 7. The average molecular weight is 631 g/mol. The standard InChI is InChI=1S/C34H39ClN6O4/c1-33(8-9-33)44-31(42)38-30(28-19-36-21-39(28)3)26-17-22-5-4-12-37-29(22)27(24-7-6-23(35)18-25(24)26)20-40-13-15-41(16-14-40)32(43)45-34(2)10-11-34/h4-7,12,17-19,21,27,30H,8-11,13-16,20H2,1-3H3,(H,38,42)/t27-,30?/m0/s1. The third kappa shape index (κ3) is 6.31. The molecule has 1 aromatic carbocycles. The van der Waals surface area contributed by atoms with Crippen molar-refractivity contribution in [1.29, 1.82) is 0 Å². The number of fused-ring (bicyclic) bond motifs is 2. The molecule has 1 aliphatic heterocycles. The van der Waals surface area contributed by atoms with Gasteiger partial charge in [0.25, 0.3) is 0 Å². The number of imidazole rings is 1. The average Bonchev–Trinajstić information content (AvgIpc) is 3.90. The summed E-state index contributed by atoms with van der Waals surface area (Å²) in [6.45, 7) is 7.35. The van der Waals surface area contributed by atoms with Crippen LogP contribution in [0.4, 0.5) is 9.59 Å². The maximum atomic E-state index is 13.3. The lowest BCUT2D eigenvalue weighted by Crippen LogP contribution is -2.50. The van der Waals surface area contributed by atoms with Crippen molar-refractivity contribution >= 4 is 35.4 Å². The van der Waals surface area contributed by atoms with Gasteiger partial charge in [-0.25, -0.2) is 14.6 Å². The molecule has 0 spiro atoms. The van der Waals surface area contributed by atoms with Crippen LogP contribution in [0.15, 0.2) is 49.1 Å². The summed E-state index contributed by atoms with van der Waals surface area (Å²) in [5, 5.41) is 3.77. The van der Waals surface area contributed by atoms with Crippen LogP contribution in [0.5, 0.6) is 0 Å². The quantitative estimate of drug-likeness (QED) is 0.353. The molecule has 2 atom stereocenters. The van der Waals surface area contributed by atoms with Crippen LogP contribution >= 0.6 is 11.6 Å². The SMILES string of the molecule is Cn1cncc1C(NC(=O)OC1(C)CC1)C1=Cc2cccnc2[C@@H](CN2CCN(C(=O)OC3(C)CC3)CC2)c2ccc(Cl)cc21. The smallest absolute Gasteiger partial charge is 0.410 e. The molecule has 3 aromatic rings.